The smallest absolute Gasteiger partial charge is 0.395 e. The Hall–Kier alpha value is -1.93. The number of ether oxygens (including phenoxy) is 1. The summed E-state index contributed by atoms with van der Waals surface area (Å²) in [6.07, 6.45) is 0. The maximum atomic E-state index is 11.6. The Morgan fingerprint density at radius 3 is 2.83 bits per heavy atom. The van der Waals surface area contributed by atoms with E-state index >= 15 is 0 Å². The Bertz CT molecular complexity index is 439. The molecule has 0 spiro atoms. The van der Waals surface area contributed by atoms with Crippen molar-refractivity contribution in [3.8, 4) is 0 Å². The molecule has 100 valence electrons. The minimum absolute atomic E-state index is 0.0472. The summed E-state index contributed by atoms with van der Waals surface area (Å²) in [5.41, 5.74) is -1.22. The van der Waals surface area contributed by atoms with Crippen molar-refractivity contribution >= 4 is 11.8 Å². The van der Waals surface area contributed by atoms with Crippen LogP contribution in [0.25, 0.3) is 0 Å². The lowest BCUT2D eigenvalue weighted by Gasteiger charge is -2.22. The number of nitrogens with one attached hydrogen (secondary N) is 1. The number of furan rings is 1. The number of hydrogen-bond donors (Lipinski definition) is 2. The van der Waals surface area contributed by atoms with Gasteiger partial charge in [-0.25, -0.2) is 0 Å². The van der Waals surface area contributed by atoms with Crippen molar-refractivity contribution in [2.75, 3.05) is 20.3 Å². The highest BCUT2D eigenvalue weighted by Gasteiger charge is 2.23. The van der Waals surface area contributed by atoms with Crippen LogP contribution in [0.2, 0.25) is 0 Å². The van der Waals surface area contributed by atoms with Crippen LogP contribution < -0.4 is 5.32 Å². The van der Waals surface area contributed by atoms with E-state index in [4.69, 9.17) is 9.15 Å². The predicted molar refractivity (Wildman–Crippen MR) is 60.2 cm³/mol. The van der Waals surface area contributed by atoms with Gasteiger partial charge in [-0.05, 0) is 13.0 Å². The first-order valence-electron chi connectivity index (χ1n) is 5.09. The summed E-state index contributed by atoms with van der Waals surface area (Å²) in [7, 11) is 1.42. The van der Waals surface area contributed by atoms with E-state index in [2.05, 4.69) is 5.32 Å². The van der Waals surface area contributed by atoms with Gasteiger partial charge in [-0.2, -0.15) is 0 Å². The van der Waals surface area contributed by atoms with Gasteiger partial charge in [0.1, 0.15) is 10.5 Å². The molecular formula is C10H14N2O6. The molecule has 0 bridgehead atoms. The van der Waals surface area contributed by atoms with Crippen molar-refractivity contribution in [1.82, 2.24) is 5.32 Å². The van der Waals surface area contributed by atoms with Crippen molar-refractivity contribution in [2.24, 2.45) is 0 Å². The number of methoxy groups -OCH3 is 1. The van der Waals surface area contributed by atoms with Crippen molar-refractivity contribution in [2.45, 2.75) is 12.5 Å². The maximum absolute atomic E-state index is 11.6. The Morgan fingerprint density at radius 1 is 1.67 bits per heavy atom. The van der Waals surface area contributed by atoms with Crippen LogP contribution in [-0.4, -0.2) is 41.8 Å². The van der Waals surface area contributed by atoms with Gasteiger partial charge >= 0.3 is 5.88 Å². The SMILES string of the molecule is COCC(C)(O)CNC(=O)c1ccc([N+](=O)[O-])o1. The van der Waals surface area contributed by atoms with Crippen LogP contribution >= 0.6 is 0 Å². The number of hydrogen-bond acceptors (Lipinski definition) is 6. The van der Waals surface area contributed by atoms with E-state index < -0.39 is 22.3 Å². The van der Waals surface area contributed by atoms with Crippen molar-refractivity contribution < 1.29 is 24.0 Å². The molecule has 1 atom stereocenters. The lowest BCUT2D eigenvalue weighted by atomic mass is 10.1. The van der Waals surface area contributed by atoms with E-state index in [-0.39, 0.29) is 18.9 Å². The third-order valence-electron chi connectivity index (χ3n) is 2.08. The van der Waals surface area contributed by atoms with Crippen LogP contribution in [0.1, 0.15) is 17.5 Å². The third kappa shape index (κ3) is 3.82. The molecule has 0 saturated carbocycles. The normalized spacial score (nSPS) is 13.9. The number of nitrogens with zero attached hydrogens (tertiary/aromatic N) is 1. The topological polar surface area (TPSA) is 115 Å². The monoisotopic (exact) mass is 258 g/mol. The van der Waals surface area contributed by atoms with Crippen molar-refractivity contribution in [3.63, 3.8) is 0 Å². The second-order valence-electron chi connectivity index (χ2n) is 4.01. The quantitative estimate of drug-likeness (QED) is 0.560. The summed E-state index contributed by atoms with van der Waals surface area (Å²) in [6, 6.07) is 2.28. The summed E-state index contributed by atoms with van der Waals surface area (Å²) in [4.78, 5) is 21.2. The molecule has 0 aliphatic carbocycles. The van der Waals surface area contributed by atoms with Crippen LogP contribution in [0.4, 0.5) is 5.88 Å². The molecule has 8 heteroatoms. The molecule has 0 aromatic carbocycles. The molecule has 0 aliphatic heterocycles. The highest BCUT2D eigenvalue weighted by atomic mass is 16.6. The predicted octanol–water partition coefficient (Wildman–Crippen LogP) is 0.315. The zero-order valence-corrected chi connectivity index (χ0v) is 10.0. The molecule has 8 nitrogen and oxygen atoms in total. The highest BCUT2D eigenvalue weighted by molar-refractivity contribution is 5.91. The third-order valence-corrected chi connectivity index (χ3v) is 2.08. The second-order valence-corrected chi connectivity index (χ2v) is 4.01. The molecule has 0 saturated heterocycles. The van der Waals surface area contributed by atoms with Gasteiger partial charge in [0.05, 0.1) is 12.7 Å². The van der Waals surface area contributed by atoms with E-state index in [1.54, 1.807) is 0 Å². The number of carbonyl (C=O) groups excluding carboxylic acids is 1. The zero-order chi connectivity index (χ0) is 13.8. The van der Waals surface area contributed by atoms with E-state index in [0.717, 1.165) is 6.07 Å². The van der Waals surface area contributed by atoms with Crippen molar-refractivity contribution in [3.05, 3.63) is 28.0 Å². The minimum Gasteiger partial charge on any atom is -0.395 e. The molecule has 0 aliphatic rings. The Labute approximate surface area is 103 Å². The van der Waals surface area contributed by atoms with Crippen LogP contribution in [-0.2, 0) is 4.74 Å². The number of nitro groups is 1. The van der Waals surface area contributed by atoms with Crippen molar-refractivity contribution in [1.29, 1.82) is 0 Å². The fourth-order valence-electron chi connectivity index (χ4n) is 1.27. The summed E-state index contributed by atoms with van der Waals surface area (Å²) in [5.74, 6) is -1.34. The molecular weight excluding hydrogens is 244 g/mol. The lowest BCUT2D eigenvalue weighted by Crippen LogP contribution is -2.43. The molecule has 0 fully saturated rings. The number of amides is 1. The van der Waals surface area contributed by atoms with Crippen LogP contribution in [0.15, 0.2) is 16.5 Å². The summed E-state index contributed by atoms with van der Waals surface area (Å²) in [5, 5.41) is 22.5. The Balaban J connectivity index is 2.57. The van der Waals surface area contributed by atoms with Gasteiger partial charge in [-0.3, -0.25) is 14.9 Å². The zero-order valence-electron chi connectivity index (χ0n) is 10.0. The van der Waals surface area contributed by atoms with Gasteiger partial charge in [0.15, 0.2) is 5.76 Å². The molecule has 1 rings (SSSR count). The number of rotatable bonds is 6. The molecule has 1 heterocycles. The van der Waals surface area contributed by atoms with E-state index in [1.807, 2.05) is 0 Å². The molecule has 2 N–H and O–H groups in total. The molecule has 1 aromatic heterocycles. The van der Waals surface area contributed by atoms with E-state index in [1.165, 1.54) is 20.1 Å². The fraction of sp³-hybridized carbons (Fsp3) is 0.500. The largest absolute Gasteiger partial charge is 0.433 e. The fourth-order valence-corrected chi connectivity index (χ4v) is 1.27. The summed E-state index contributed by atoms with van der Waals surface area (Å²) < 4.78 is 9.47. The van der Waals surface area contributed by atoms with Gasteiger partial charge in [-0.15, -0.1) is 0 Å². The van der Waals surface area contributed by atoms with Gasteiger partial charge in [0, 0.05) is 13.7 Å². The standard InChI is InChI=1S/C10H14N2O6/c1-10(14,6-17-2)5-11-9(13)7-3-4-8(18-7)12(15)16/h3-4,14H,5-6H2,1-2H3,(H,11,13). The average molecular weight is 258 g/mol. The van der Waals surface area contributed by atoms with E-state index in [0.29, 0.717) is 0 Å². The molecule has 1 aromatic rings. The lowest BCUT2D eigenvalue weighted by molar-refractivity contribution is -0.402. The first-order chi connectivity index (χ1) is 8.35. The first kappa shape index (κ1) is 14.1. The average Bonchev–Trinajstić information content (AvgIpc) is 2.75. The van der Waals surface area contributed by atoms with Gasteiger partial charge in [0.2, 0.25) is 0 Å². The number of carbonyl (C=O) groups is 1. The second kappa shape index (κ2) is 5.61. The van der Waals surface area contributed by atoms with Gasteiger partial charge in [0.25, 0.3) is 5.91 Å². The summed E-state index contributed by atoms with van der Waals surface area (Å²) in [6.45, 7) is 1.47. The Kier molecular flexibility index (Phi) is 4.40. The molecule has 1 amide bonds. The highest BCUT2D eigenvalue weighted by Crippen LogP contribution is 2.15. The van der Waals surface area contributed by atoms with E-state index in [9.17, 15) is 20.0 Å². The maximum Gasteiger partial charge on any atom is 0.433 e. The molecule has 0 radical (unpaired) electrons. The van der Waals surface area contributed by atoms with Crippen LogP contribution in [0.3, 0.4) is 0 Å². The minimum atomic E-state index is -1.22. The van der Waals surface area contributed by atoms with Crippen LogP contribution in [0.5, 0.6) is 0 Å². The first-order valence-corrected chi connectivity index (χ1v) is 5.09. The molecule has 1 unspecified atom stereocenters. The Morgan fingerprint density at radius 2 is 2.33 bits per heavy atom. The van der Waals surface area contributed by atoms with Gasteiger partial charge < -0.3 is 19.6 Å². The molecule has 18 heavy (non-hydrogen) atoms. The summed E-state index contributed by atoms with van der Waals surface area (Å²) >= 11 is 0. The van der Waals surface area contributed by atoms with Crippen LogP contribution in [0, 0.1) is 10.1 Å². The van der Waals surface area contributed by atoms with Gasteiger partial charge in [-0.1, -0.05) is 0 Å². The number of aliphatic hydroxyl groups is 1.